The molecule has 0 radical (unpaired) electrons. The monoisotopic (exact) mass is 159 g/mol. The van der Waals surface area contributed by atoms with Gasteiger partial charge in [-0.2, -0.15) is 0 Å². The van der Waals surface area contributed by atoms with Crippen LogP contribution in [0.3, 0.4) is 0 Å². The first-order valence-corrected chi connectivity index (χ1v) is 4.08. The molecule has 56 valence electrons. The highest BCUT2D eigenvalue weighted by Crippen LogP contribution is 2.12. The van der Waals surface area contributed by atoms with Gasteiger partial charge in [-0.3, -0.25) is 4.99 Å². The number of hydrogen-bond acceptors (Lipinski definition) is 4. The molecule has 1 rings (SSSR count). The summed E-state index contributed by atoms with van der Waals surface area (Å²) < 4.78 is 4.50. The number of esters is 1. The van der Waals surface area contributed by atoms with Crippen LogP contribution in [0.5, 0.6) is 0 Å². The molecule has 0 N–H and O–H groups in total. The van der Waals surface area contributed by atoms with Gasteiger partial charge >= 0.3 is 5.97 Å². The lowest BCUT2D eigenvalue weighted by Gasteiger charge is -2.07. The minimum Gasteiger partial charge on any atom is -0.464 e. The molecule has 0 unspecified atom stereocenters. The lowest BCUT2D eigenvalue weighted by Crippen LogP contribution is -2.16. The number of hydrogen-bond donors (Lipinski definition) is 0. The summed E-state index contributed by atoms with van der Waals surface area (Å²) in [7, 11) is 1.38. The molecular formula is C6H9NO2S. The summed E-state index contributed by atoms with van der Waals surface area (Å²) in [6, 6.07) is 0. The second-order valence-corrected chi connectivity index (χ2v) is 2.96. The fraction of sp³-hybridized carbons (Fsp3) is 0.667. The van der Waals surface area contributed by atoms with Gasteiger partial charge in [0, 0.05) is 12.3 Å². The topological polar surface area (TPSA) is 38.7 Å². The van der Waals surface area contributed by atoms with Crippen molar-refractivity contribution < 1.29 is 9.53 Å². The summed E-state index contributed by atoms with van der Waals surface area (Å²) in [5, 5.41) is 0.522. The van der Waals surface area contributed by atoms with Crippen molar-refractivity contribution in [3.05, 3.63) is 0 Å². The first-order chi connectivity index (χ1) is 4.84. The van der Waals surface area contributed by atoms with Gasteiger partial charge in [0.15, 0.2) is 5.04 Å². The van der Waals surface area contributed by atoms with Crippen molar-refractivity contribution in [3.8, 4) is 0 Å². The Bertz CT molecular complexity index is 167. The quantitative estimate of drug-likeness (QED) is 0.528. The summed E-state index contributed by atoms with van der Waals surface area (Å²) in [5.74, 6) is 0.679. The Morgan fingerprint density at radius 1 is 1.80 bits per heavy atom. The smallest absolute Gasteiger partial charge is 0.362 e. The van der Waals surface area contributed by atoms with E-state index in [9.17, 15) is 4.79 Å². The van der Waals surface area contributed by atoms with Crippen LogP contribution in [-0.2, 0) is 9.53 Å². The lowest BCUT2D eigenvalue weighted by atomic mass is 10.5. The van der Waals surface area contributed by atoms with E-state index in [1.807, 2.05) is 0 Å². The minimum absolute atomic E-state index is 0.301. The second-order valence-electron chi connectivity index (χ2n) is 1.88. The standard InChI is InChI=1S/C6H9NO2S/c1-9-6(8)5-7-3-2-4-10-5/h2-4H2,1H3. The molecule has 10 heavy (non-hydrogen) atoms. The molecule has 0 aromatic carbocycles. The van der Waals surface area contributed by atoms with Crippen molar-refractivity contribution in [2.24, 2.45) is 4.99 Å². The third-order valence-electron chi connectivity index (χ3n) is 1.16. The molecule has 0 aromatic rings. The van der Waals surface area contributed by atoms with E-state index in [1.54, 1.807) is 0 Å². The van der Waals surface area contributed by atoms with Gasteiger partial charge in [0.1, 0.15) is 0 Å². The molecule has 4 heteroatoms. The summed E-state index contributed by atoms with van der Waals surface area (Å²) in [4.78, 5) is 14.8. The number of aliphatic imine (C=N–C) groups is 1. The Kier molecular flexibility index (Phi) is 2.74. The van der Waals surface area contributed by atoms with E-state index in [0.29, 0.717) is 5.04 Å². The van der Waals surface area contributed by atoms with Gasteiger partial charge in [0.2, 0.25) is 0 Å². The van der Waals surface area contributed by atoms with Crippen molar-refractivity contribution >= 4 is 22.8 Å². The van der Waals surface area contributed by atoms with Crippen LogP contribution in [0.1, 0.15) is 6.42 Å². The number of thioether (sulfide) groups is 1. The Balaban J connectivity index is 2.53. The highest BCUT2D eigenvalue weighted by molar-refractivity contribution is 8.15. The van der Waals surface area contributed by atoms with E-state index >= 15 is 0 Å². The number of ether oxygens (including phenoxy) is 1. The molecule has 0 aliphatic carbocycles. The highest BCUT2D eigenvalue weighted by Gasteiger charge is 2.14. The molecule has 3 nitrogen and oxygen atoms in total. The summed E-state index contributed by atoms with van der Waals surface area (Å²) >= 11 is 1.47. The van der Waals surface area contributed by atoms with Gasteiger partial charge in [-0.05, 0) is 6.42 Å². The Labute approximate surface area is 63.9 Å². The molecule has 1 aliphatic heterocycles. The van der Waals surface area contributed by atoms with E-state index in [2.05, 4.69) is 9.73 Å². The molecule has 0 saturated carbocycles. The zero-order chi connectivity index (χ0) is 7.40. The van der Waals surface area contributed by atoms with Crippen LogP contribution in [-0.4, -0.2) is 30.4 Å². The van der Waals surface area contributed by atoms with Crippen LogP contribution < -0.4 is 0 Å². The second kappa shape index (κ2) is 3.61. The van der Waals surface area contributed by atoms with E-state index in [-0.39, 0.29) is 5.97 Å². The fourth-order valence-electron chi connectivity index (χ4n) is 0.670. The number of carbonyl (C=O) groups excluding carboxylic acids is 1. The average Bonchev–Trinajstić information content (AvgIpc) is 2.05. The molecule has 0 bridgehead atoms. The van der Waals surface area contributed by atoms with E-state index in [0.717, 1.165) is 18.7 Å². The first kappa shape index (κ1) is 7.60. The number of methoxy groups -OCH3 is 1. The van der Waals surface area contributed by atoms with Crippen LogP contribution in [0.2, 0.25) is 0 Å². The summed E-state index contributed by atoms with van der Waals surface area (Å²) in [5.41, 5.74) is 0. The van der Waals surface area contributed by atoms with Crippen molar-refractivity contribution in [3.63, 3.8) is 0 Å². The largest absolute Gasteiger partial charge is 0.464 e. The van der Waals surface area contributed by atoms with E-state index in [4.69, 9.17) is 0 Å². The molecule has 0 saturated heterocycles. The zero-order valence-corrected chi connectivity index (χ0v) is 6.61. The normalized spacial score (nSPS) is 17.9. The maximum absolute atomic E-state index is 10.8. The van der Waals surface area contributed by atoms with Gasteiger partial charge in [0.25, 0.3) is 0 Å². The molecule has 0 atom stereocenters. The lowest BCUT2D eigenvalue weighted by molar-refractivity contribution is -0.132. The zero-order valence-electron chi connectivity index (χ0n) is 5.79. The molecule has 0 fully saturated rings. The van der Waals surface area contributed by atoms with Gasteiger partial charge in [0.05, 0.1) is 7.11 Å². The molecular weight excluding hydrogens is 150 g/mol. The number of carbonyl (C=O) groups is 1. The summed E-state index contributed by atoms with van der Waals surface area (Å²) in [6.45, 7) is 0.761. The third kappa shape index (κ3) is 1.73. The van der Waals surface area contributed by atoms with Crippen molar-refractivity contribution in [2.75, 3.05) is 19.4 Å². The fourth-order valence-corrected chi connectivity index (χ4v) is 1.52. The molecule has 1 heterocycles. The average molecular weight is 159 g/mol. The molecule has 1 aliphatic rings. The van der Waals surface area contributed by atoms with E-state index in [1.165, 1.54) is 18.9 Å². The van der Waals surface area contributed by atoms with Crippen molar-refractivity contribution in [1.82, 2.24) is 0 Å². The van der Waals surface area contributed by atoms with Crippen LogP contribution in [0, 0.1) is 0 Å². The third-order valence-corrected chi connectivity index (χ3v) is 2.22. The molecule has 0 spiro atoms. The van der Waals surface area contributed by atoms with Gasteiger partial charge < -0.3 is 4.74 Å². The number of rotatable bonds is 1. The van der Waals surface area contributed by atoms with Gasteiger partial charge in [-0.25, -0.2) is 4.79 Å². The van der Waals surface area contributed by atoms with Crippen LogP contribution in [0.25, 0.3) is 0 Å². The van der Waals surface area contributed by atoms with Crippen LogP contribution >= 0.6 is 11.8 Å². The van der Waals surface area contributed by atoms with Gasteiger partial charge in [-0.1, -0.05) is 11.8 Å². The van der Waals surface area contributed by atoms with E-state index < -0.39 is 0 Å². The van der Waals surface area contributed by atoms with Crippen molar-refractivity contribution in [1.29, 1.82) is 0 Å². The maximum atomic E-state index is 10.8. The van der Waals surface area contributed by atoms with Gasteiger partial charge in [-0.15, -0.1) is 0 Å². The Hall–Kier alpha value is -0.510. The van der Waals surface area contributed by atoms with Crippen molar-refractivity contribution in [2.45, 2.75) is 6.42 Å². The highest BCUT2D eigenvalue weighted by atomic mass is 32.2. The number of nitrogens with zero attached hydrogens (tertiary/aromatic N) is 1. The summed E-state index contributed by atoms with van der Waals surface area (Å²) in [6.07, 6.45) is 1.06. The predicted octanol–water partition coefficient (Wildman–Crippen LogP) is 0.695. The predicted molar refractivity (Wildman–Crippen MR) is 41.4 cm³/mol. The molecule has 0 aromatic heterocycles. The maximum Gasteiger partial charge on any atom is 0.362 e. The SMILES string of the molecule is COC(=O)C1=NCCCS1. The Morgan fingerprint density at radius 2 is 2.60 bits per heavy atom. The van der Waals surface area contributed by atoms with Crippen LogP contribution in [0.4, 0.5) is 0 Å². The first-order valence-electron chi connectivity index (χ1n) is 3.10. The molecule has 0 amide bonds. The minimum atomic E-state index is -0.301. The Morgan fingerprint density at radius 3 is 3.10 bits per heavy atom. The van der Waals surface area contributed by atoms with Crippen LogP contribution in [0.15, 0.2) is 4.99 Å².